The van der Waals surface area contributed by atoms with Crippen molar-refractivity contribution in [1.82, 2.24) is 4.90 Å². The largest absolute Gasteiger partial charge is 0.377 e. The average Bonchev–Trinajstić information content (AvgIpc) is 2.22. The summed E-state index contributed by atoms with van der Waals surface area (Å²) in [5.74, 6) is 0.918. The number of piperidine rings is 1. The molecule has 15 heavy (non-hydrogen) atoms. The molecule has 0 aromatic rings. The van der Waals surface area contributed by atoms with E-state index >= 15 is 0 Å². The molecule has 1 unspecified atom stereocenters. The molecule has 1 aliphatic heterocycles. The molecule has 1 atom stereocenters. The quantitative estimate of drug-likeness (QED) is 0.696. The van der Waals surface area contributed by atoms with E-state index in [4.69, 9.17) is 4.74 Å². The van der Waals surface area contributed by atoms with Crippen molar-refractivity contribution in [2.24, 2.45) is 5.92 Å². The van der Waals surface area contributed by atoms with Gasteiger partial charge in [-0.1, -0.05) is 20.3 Å². The smallest absolute Gasteiger partial charge is 0.0776 e. The molecule has 1 heterocycles. The van der Waals surface area contributed by atoms with Gasteiger partial charge in [0.1, 0.15) is 0 Å². The SMILES string of the molecule is CCCC(C)(CN1CCC(C)CC1)OC. The van der Waals surface area contributed by atoms with E-state index < -0.39 is 0 Å². The Kier molecular flexibility index (Phi) is 5.07. The second kappa shape index (κ2) is 5.86. The molecular weight excluding hydrogens is 186 g/mol. The predicted molar refractivity (Wildman–Crippen MR) is 65.2 cm³/mol. The fourth-order valence-corrected chi connectivity index (χ4v) is 2.47. The Balaban J connectivity index is 2.38. The third-order valence-corrected chi connectivity index (χ3v) is 3.71. The highest BCUT2D eigenvalue weighted by Crippen LogP contribution is 2.22. The molecule has 0 aromatic carbocycles. The van der Waals surface area contributed by atoms with Gasteiger partial charge >= 0.3 is 0 Å². The van der Waals surface area contributed by atoms with Gasteiger partial charge in [0.2, 0.25) is 0 Å². The number of hydrogen-bond donors (Lipinski definition) is 0. The van der Waals surface area contributed by atoms with E-state index in [-0.39, 0.29) is 5.60 Å². The Morgan fingerprint density at radius 1 is 1.33 bits per heavy atom. The molecule has 0 radical (unpaired) electrons. The highest BCUT2D eigenvalue weighted by atomic mass is 16.5. The van der Waals surface area contributed by atoms with E-state index in [1.807, 2.05) is 7.11 Å². The molecule has 1 aliphatic rings. The first-order valence-electron chi connectivity index (χ1n) is 6.37. The molecule has 1 rings (SSSR count). The highest BCUT2D eigenvalue weighted by Gasteiger charge is 2.27. The summed E-state index contributed by atoms with van der Waals surface area (Å²) in [5, 5.41) is 0. The van der Waals surface area contributed by atoms with Gasteiger partial charge in [-0.05, 0) is 45.2 Å². The van der Waals surface area contributed by atoms with Gasteiger partial charge in [0.25, 0.3) is 0 Å². The van der Waals surface area contributed by atoms with Crippen LogP contribution in [0, 0.1) is 5.92 Å². The van der Waals surface area contributed by atoms with Gasteiger partial charge in [0.15, 0.2) is 0 Å². The molecular formula is C13H27NO. The van der Waals surface area contributed by atoms with E-state index in [0.29, 0.717) is 0 Å². The van der Waals surface area contributed by atoms with Crippen molar-refractivity contribution in [3.05, 3.63) is 0 Å². The van der Waals surface area contributed by atoms with E-state index in [1.54, 1.807) is 0 Å². The summed E-state index contributed by atoms with van der Waals surface area (Å²) in [6, 6.07) is 0. The summed E-state index contributed by atoms with van der Waals surface area (Å²) in [4.78, 5) is 2.57. The zero-order chi connectivity index (χ0) is 11.3. The maximum Gasteiger partial charge on any atom is 0.0776 e. The first-order valence-corrected chi connectivity index (χ1v) is 6.37. The maximum absolute atomic E-state index is 5.67. The van der Waals surface area contributed by atoms with E-state index in [1.165, 1.54) is 32.4 Å². The van der Waals surface area contributed by atoms with Crippen molar-refractivity contribution in [2.45, 2.75) is 52.1 Å². The molecule has 0 bridgehead atoms. The summed E-state index contributed by atoms with van der Waals surface area (Å²) in [6.45, 7) is 10.4. The number of likely N-dealkylation sites (tertiary alicyclic amines) is 1. The van der Waals surface area contributed by atoms with Gasteiger partial charge in [-0.25, -0.2) is 0 Å². The lowest BCUT2D eigenvalue weighted by Gasteiger charge is -2.37. The molecule has 0 saturated carbocycles. The normalized spacial score (nSPS) is 24.0. The van der Waals surface area contributed by atoms with Gasteiger partial charge in [-0.3, -0.25) is 0 Å². The first-order chi connectivity index (χ1) is 7.09. The number of ether oxygens (including phenoxy) is 1. The maximum atomic E-state index is 5.67. The lowest BCUT2D eigenvalue weighted by Crippen LogP contribution is -2.45. The van der Waals surface area contributed by atoms with Crippen LogP contribution in [0.1, 0.15) is 46.5 Å². The molecule has 0 aliphatic carbocycles. The Bertz CT molecular complexity index is 175. The highest BCUT2D eigenvalue weighted by molar-refractivity contribution is 4.81. The number of methoxy groups -OCH3 is 1. The van der Waals surface area contributed by atoms with Crippen LogP contribution in [0.15, 0.2) is 0 Å². The van der Waals surface area contributed by atoms with Crippen LogP contribution >= 0.6 is 0 Å². The Morgan fingerprint density at radius 3 is 2.40 bits per heavy atom. The molecule has 2 heteroatoms. The van der Waals surface area contributed by atoms with Crippen LogP contribution in [-0.4, -0.2) is 37.2 Å². The number of hydrogen-bond acceptors (Lipinski definition) is 2. The molecule has 0 amide bonds. The fourth-order valence-electron chi connectivity index (χ4n) is 2.47. The van der Waals surface area contributed by atoms with Crippen molar-refractivity contribution in [3.8, 4) is 0 Å². The van der Waals surface area contributed by atoms with Crippen LogP contribution in [-0.2, 0) is 4.74 Å². The Labute approximate surface area is 95.0 Å². The monoisotopic (exact) mass is 213 g/mol. The number of rotatable bonds is 5. The van der Waals surface area contributed by atoms with Crippen LogP contribution in [0.3, 0.4) is 0 Å². The van der Waals surface area contributed by atoms with Gasteiger partial charge in [-0.2, -0.15) is 0 Å². The molecule has 2 nitrogen and oxygen atoms in total. The lowest BCUT2D eigenvalue weighted by atomic mass is 9.95. The summed E-state index contributed by atoms with van der Waals surface area (Å²) < 4.78 is 5.67. The van der Waals surface area contributed by atoms with E-state index in [9.17, 15) is 0 Å². The summed E-state index contributed by atoms with van der Waals surface area (Å²) >= 11 is 0. The molecule has 0 spiro atoms. The third kappa shape index (κ3) is 4.12. The number of nitrogens with zero attached hydrogens (tertiary/aromatic N) is 1. The second-order valence-electron chi connectivity index (χ2n) is 5.36. The van der Waals surface area contributed by atoms with Crippen LogP contribution in [0.25, 0.3) is 0 Å². The van der Waals surface area contributed by atoms with Crippen LogP contribution in [0.5, 0.6) is 0 Å². The standard InChI is InChI=1S/C13H27NO/c1-5-8-13(3,15-4)11-14-9-6-12(2)7-10-14/h12H,5-11H2,1-4H3. The van der Waals surface area contributed by atoms with E-state index in [0.717, 1.165) is 18.9 Å². The van der Waals surface area contributed by atoms with Crippen molar-refractivity contribution >= 4 is 0 Å². The molecule has 90 valence electrons. The second-order valence-corrected chi connectivity index (χ2v) is 5.36. The minimum Gasteiger partial charge on any atom is -0.377 e. The minimum absolute atomic E-state index is 0.0648. The van der Waals surface area contributed by atoms with Crippen LogP contribution in [0.2, 0.25) is 0 Å². The van der Waals surface area contributed by atoms with Gasteiger partial charge in [0, 0.05) is 13.7 Å². The van der Waals surface area contributed by atoms with Crippen molar-refractivity contribution in [1.29, 1.82) is 0 Å². The van der Waals surface area contributed by atoms with E-state index in [2.05, 4.69) is 25.7 Å². The van der Waals surface area contributed by atoms with Crippen LogP contribution in [0.4, 0.5) is 0 Å². The lowest BCUT2D eigenvalue weighted by molar-refractivity contribution is -0.0344. The molecule has 0 aromatic heterocycles. The first kappa shape index (κ1) is 13.0. The van der Waals surface area contributed by atoms with Gasteiger partial charge < -0.3 is 9.64 Å². The fraction of sp³-hybridized carbons (Fsp3) is 1.00. The van der Waals surface area contributed by atoms with Gasteiger partial charge in [-0.15, -0.1) is 0 Å². The summed E-state index contributed by atoms with van der Waals surface area (Å²) in [6.07, 6.45) is 5.07. The predicted octanol–water partition coefficient (Wildman–Crippen LogP) is 2.92. The Hall–Kier alpha value is -0.0800. The third-order valence-electron chi connectivity index (χ3n) is 3.71. The zero-order valence-electron chi connectivity index (χ0n) is 10.9. The van der Waals surface area contributed by atoms with Crippen molar-refractivity contribution < 1.29 is 4.74 Å². The molecule has 0 N–H and O–H groups in total. The van der Waals surface area contributed by atoms with Gasteiger partial charge in [0.05, 0.1) is 5.60 Å². The zero-order valence-corrected chi connectivity index (χ0v) is 10.9. The Morgan fingerprint density at radius 2 is 1.93 bits per heavy atom. The van der Waals surface area contributed by atoms with Crippen molar-refractivity contribution in [2.75, 3.05) is 26.7 Å². The summed E-state index contributed by atoms with van der Waals surface area (Å²) in [5.41, 5.74) is 0.0648. The van der Waals surface area contributed by atoms with Crippen LogP contribution < -0.4 is 0 Å². The summed E-state index contributed by atoms with van der Waals surface area (Å²) in [7, 11) is 1.85. The van der Waals surface area contributed by atoms with Crippen molar-refractivity contribution in [3.63, 3.8) is 0 Å². The topological polar surface area (TPSA) is 12.5 Å². The molecule has 1 fully saturated rings. The molecule has 1 saturated heterocycles. The average molecular weight is 213 g/mol. The minimum atomic E-state index is 0.0648.